The lowest BCUT2D eigenvalue weighted by atomic mass is 9.94. The maximum Gasteiger partial charge on any atom is 0.344 e. The molecule has 2 aromatic carbocycles. The van der Waals surface area contributed by atoms with Crippen LogP contribution < -0.4 is 29.1 Å². The van der Waals surface area contributed by atoms with E-state index < -0.39 is 18.0 Å². The van der Waals surface area contributed by atoms with Crippen molar-refractivity contribution in [1.82, 2.24) is 4.57 Å². The molecule has 0 radical (unpaired) electrons. The molecular formula is C31H33IN2O8S. The molecule has 0 N–H and O–H groups in total. The van der Waals surface area contributed by atoms with Gasteiger partial charge in [0, 0.05) is 0 Å². The summed E-state index contributed by atoms with van der Waals surface area (Å²) in [5.74, 6) is 0.412. The number of hydrogen-bond donors (Lipinski definition) is 0. The van der Waals surface area contributed by atoms with E-state index in [0.29, 0.717) is 59.0 Å². The zero-order chi connectivity index (χ0) is 31.1. The zero-order valence-electron chi connectivity index (χ0n) is 24.6. The average Bonchev–Trinajstić information content (AvgIpc) is 3.30. The first-order valence-corrected chi connectivity index (χ1v) is 15.7. The summed E-state index contributed by atoms with van der Waals surface area (Å²) in [6.45, 7) is 5.67. The summed E-state index contributed by atoms with van der Waals surface area (Å²) < 4.78 is 29.7. The van der Waals surface area contributed by atoms with E-state index in [4.69, 9.17) is 28.7 Å². The van der Waals surface area contributed by atoms with Crippen LogP contribution in [0.1, 0.15) is 50.8 Å². The Morgan fingerprint density at radius 2 is 1.84 bits per heavy atom. The third-order valence-corrected chi connectivity index (χ3v) is 8.28. The fourth-order valence-corrected chi connectivity index (χ4v) is 6.50. The summed E-state index contributed by atoms with van der Waals surface area (Å²) in [7, 11) is 3.07. The number of methoxy groups -OCH3 is 2. The number of rotatable bonds is 12. The lowest BCUT2D eigenvalue weighted by molar-refractivity contribution is -0.145. The lowest BCUT2D eigenvalue weighted by Gasteiger charge is -2.26. The minimum Gasteiger partial charge on any atom is -0.497 e. The van der Waals surface area contributed by atoms with Gasteiger partial charge < -0.3 is 23.7 Å². The van der Waals surface area contributed by atoms with E-state index >= 15 is 0 Å². The first kappa shape index (κ1) is 32.3. The van der Waals surface area contributed by atoms with E-state index in [0.717, 1.165) is 6.42 Å². The van der Waals surface area contributed by atoms with E-state index in [1.807, 2.05) is 37.3 Å². The molecule has 0 bridgehead atoms. The van der Waals surface area contributed by atoms with Crippen LogP contribution in [0.25, 0.3) is 6.08 Å². The van der Waals surface area contributed by atoms with Crippen LogP contribution in [0, 0.1) is 3.57 Å². The summed E-state index contributed by atoms with van der Waals surface area (Å²) in [4.78, 5) is 44.5. The van der Waals surface area contributed by atoms with Gasteiger partial charge in [0.25, 0.3) is 5.56 Å². The van der Waals surface area contributed by atoms with Gasteiger partial charge in [0.2, 0.25) is 0 Å². The van der Waals surface area contributed by atoms with Gasteiger partial charge in [-0.1, -0.05) is 36.8 Å². The SMILES string of the molecule is CCCC1=C(C(=O)OCC)[C@@H](c2cccc(OC)c2)n2c(s/c(=C\c3cc(I)c(OCC(=O)OCC)c(OC)c3)c2=O)=N1. The van der Waals surface area contributed by atoms with Crippen LogP contribution in [0.4, 0.5) is 0 Å². The summed E-state index contributed by atoms with van der Waals surface area (Å²) in [6, 6.07) is 10.1. The van der Waals surface area contributed by atoms with Crippen molar-refractivity contribution in [3.05, 3.63) is 82.1 Å². The second-order valence-corrected chi connectivity index (χ2v) is 11.5. The Hall–Kier alpha value is -3.65. The Balaban J connectivity index is 1.88. The monoisotopic (exact) mass is 720 g/mol. The number of benzene rings is 2. The molecule has 0 unspecified atom stereocenters. The van der Waals surface area contributed by atoms with Crippen LogP contribution in [0.15, 0.2) is 57.5 Å². The Bertz CT molecular complexity index is 1730. The van der Waals surface area contributed by atoms with Gasteiger partial charge in [0.1, 0.15) is 5.75 Å². The molecule has 4 rings (SSSR count). The van der Waals surface area contributed by atoms with Gasteiger partial charge in [0.15, 0.2) is 22.9 Å². The molecule has 0 saturated carbocycles. The topological polar surface area (TPSA) is 115 Å². The highest BCUT2D eigenvalue weighted by atomic mass is 127. The maximum absolute atomic E-state index is 14.1. The van der Waals surface area contributed by atoms with Gasteiger partial charge in [-0.25, -0.2) is 14.6 Å². The van der Waals surface area contributed by atoms with E-state index in [9.17, 15) is 14.4 Å². The van der Waals surface area contributed by atoms with E-state index in [1.54, 1.807) is 37.7 Å². The number of carbonyl (C=O) groups excluding carboxylic acids is 2. The number of aromatic nitrogens is 1. The fraction of sp³-hybridized carbons (Fsp3) is 0.355. The van der Waals surface area contributed by atoms with Crippen molar-refractivity contribution < 1.29 is 33.3 Å². The normalized spacial score (nSPS) is 14.6. The van der Waals surface area contributed by atoms with Crippen LogP contribution in [0.3, 0.4) is 0 Å². The van der Waals surface area contributed by atoms with Crippen molar-refractivity contribution in [3.8, 4) is 17.2 Å². The van der Waals surface area contributed by atoms with Crippen LogP contribution in [0.2, 0.25) is 0 Å². The molecule has 0 amide bonds. The van der Waals surface area contributed by atoms with Crippen molar-refractivity contribution in [2.45, 2.75) is 39.7 Å². The number of fused-ring (bicyclic) bond motifs is 1. The van der Waals surface area contributed by atoms with Gasteiger partial charge in [-0.3, -0.25) is 9.36 Å². The first-order valence-electron chi connectivity index (χ1n) is 13.8. The molecule has 0 spiro atoms. The third-order valence-electron chi connectivity index (χ3n) is 6.49. The van der Waals surface area contributed by atoms with Gasteiger partial charge in [0.05, 0.1) is 52.8 Å². The lowest BCUT2D eigenvalue weighted by Crippen LogP contribution is -2.40. The standard InChI is InChI=1S/C31H33IN2O8S/c1-6-10-22-26(30(37)41-8-3)27(19-11-9-12-20(16-19)38-4)34-29(36)24(43-31(34)33-22)15-18-13-21(32)28(23(14-18)39-5)42-17-25(35)40-7-2/h9,11-16,27H,6-8,10,17H2,1-5H3/b24-15-/t27-/m1/s1. The molecule has 2 heterocycles. The highest BCUT2D eigenvalue weighted by Gasteiger charge is 2.34. The largest absolute Gasteiger partial charge is 0.497 e. The van der Waals surface area contributed by atoms with E-state index in [2.05, 4.69) is 22.6 Å². The maximum atomic E-state index is 14.1. The molecular weight excluding hydrogens is 687 g/mol. The molecule has 228 valence electrons. The Morgan fingerprint density at radius 1 is 1.07 bits per heavy atom. The quantitative estimate of drug-likeness (QED) is 0.203. The number of thiazole rings is 1. The van der Waals surface area contributed by atoms with Crippen LogP contribution >= 0.6 is 33.9 Å². The van der Waals surface area contributed by atoms with Crippen LogP contribution in [0.5, 0.6) is 17.2 Å². The van der Waals surface area contributed by atoms with Gasteiger partial charge >= 0.3 is 11.9 Å². The number of esters is 2. The molecule has 3 aromatic rings. The highest BCUT2D eigenvalue weighted by molar-refractivity contribution is 14.1. The number of nitrogens with zero attached hydrogens (tertiary/aromatic N) is 2. The number of carbonyl (C=O) groups is 2. The Labute approximate surface area is 266 Å². The second-order valence-electron chi connectivity index (χ2n) is 9.32. The predicted molar refractivity (Wildman–Crippen MR) is 170 cm³/mol. The average molecular weight is 721 g/mol. The molecule has 1 aromatic heterocycles. The van der Waals surface area contributed by atoms with Crippen molar-refractivity contribution >= 4 is 51.9 Å². The van der Waals surface area contributed by atoms with Crippen molar-refractivity contribution in [1.29, 1.82) is 0 Å². The number of allylic oxidation sites excluding steroid dienone is 1. The number of halogens is 1. The molecule has 10 nitrogen and oxygen atoms in total. The minimum atomic E-state index is -0.748. The molecule has 0 aliphatic carbocycles. The Kier molecular flexibility index (Phi) is 11.0. The summed E-state index contributed by atoms with van der Waals surface area (Å²) in [5, 5.41) is 0. The van der Waals surface area contributed by atoms with Gasteiger partial charge in [-0.05, 0) is 84.3 Å². The minimum absolute atomic E-state index is 0.191. The molecule has 12 heteroatoms. The highest BCUT2D eigenvalue weighted by Crippen LogP contribution is 2.35. The fourth-order valence-electron chi connectivity index (χ4n) is 4.70. The molecule has 43 heavy (non-hydrogen) atoms. The van der Waals surface area contributed by atoms with Crippen molar-refractivity contribution in [3.63, 3.8) is 0 Å². The van der Waals surface area contributed by atoms with Crippen LogP contribution in [-0.4, -0.2) is 50.5 Å². The second kappa shape index (κ2) is 14.7. The molecule has 0 fully saturated rings. The molecule has 1 atom stereocenters. The number of hydrogen-bond acceptors (Lipinski definition) is 10. The molecule has 0 saturated heterocycles. The summed E-state index contributed by atoms with van der Waals surface area (Å²) in [5.41, 5.74) is 2.03. The molecule has 1 aliphatic rings. The van der Waals surface area contributed by atoms with Gasteiger partial charge in [-0.15, -0.1) is 0 Å². The Morgan fingerprint density at radius 3 is 2.51 bits per heavy atom. The predicted octanol–water partition coefficient (Wildman–Crippen LogP) is 4.14. The summed E-state index contributed by atoms with van der Waals surface area (Å²) in [6.07, 6.45) is 3.05. The van der Waals surface area contributed by atoms with Crippen molar-refractivity contribution in [2.75, 3.05) is 34.0 Å². The summed E-state index contributed by atoms with van der Waals surface area (Å²) >= 11 is 3.33. The van der Waals surface area contributed by atoms with E-state index in [-0.39, 0.29) is 25.4 Å². The van der Waals surface area contributed by atoms with Gasteiger partial charge in [-0.2, -0.15) is 0 Å². The van der Waals surface area contributed by atoms with E-state index in [1.165, 1.54) is 18.4 Å². The third kappa shape index (κ3) is 7.12. The van der Waals surface area contributed by atoms with Crippen LogP contribution in [-0.2, 0) is 19.1 Å². The smallest absolute Gasteiger partial charge is 0.344 e. The molecule has 1 aliphatic heterocycles. The zero-order valence-corrected chi connectivity index (χ0v) is 27.6. The number of ether oxygens (including phenoxy) is 5. The van der Waals surface area contributed by atoms with Crippen molar-refractivity contribution in [2.24, 2.45) is 4.99 Å². The first-order chi connectivity index (χ1) is 20.8.